The molecule has 0 bridgehead atoms. The van der Waals surface area contributed by atoms with Crippen LogP contribution in [-0.4, -0.2) is 30.7 Å². The van der Waals surface area contributed by atoms with Gasteiger partial charge >= 0.3 is 0 Å². The summed E-state index contributed by atoms with van der Waals surface area (Å²) in [7, 11) is 0. The maximum atomic E-state index is 9.30. The molecule has 0 saturated carbocycles. The second-order valence-electron chi connectivity index (χ2n) is 2.47. The fourth-order valence-electron chi connectivity index (χ4n) is 1.03. The fraction of sp³-hybridized carbons (Fsp3) is 1.00. The Balaban J connectivity index is 2.18. The first kappa shape index (κ1) is 7.98. The normalized spacial score (nSPS) is 23.4. The number of hydrogen-bond donors (Lipinski definition) is 1. The van der Waals surface area contributed by atoms with Gasteiger partial charge in [-0.05, 0) is 6.42 Å². The molecule has 0 radical (unpaired) electrons. The first-order valence-electron chi connectivity index (χ1n) is 3.76. The highest BCUT2D eigenvalue weighted by Crippen LogP contribution is 2.11. The zero-order valence-corrected chi connectivity index (χ0v) is 6.25. The monoisotopic (exact) mass is 146 g/mol. The van der Waals surface area contributed by atoms with Crippen molar-refractivity contribution < 1.29 is 14.6 Å². The standard InChI is InChI=1S/C7H14O3/c1-2-3-6(8)7-9-4-5-10-7/h6-8H,2-5H2,1H3/t6-/m1/s1. The number of ether oxygens (including phenoxy) is 2. The molecule has 1 fully saturated rings. The van der Waals surface area contributed by atoms with Gasteiger partial charge in [-0.15, -0.1) is 0 Å². The van der Waals surface area contributed by atoms with Crippen LogP contribution in [0.2, 0.25) is 0 Å². The van der Waals surface area contributed by atoms with Crippen molar-refractivity contribution in [1.82, 2.24) is 0 Å². The van der Waals surface area contributed by atoms with Crippen molar-refractivity contribution in [3.8, 4) is 0 Å². The van der Waals surface area contributed by atoms with Crippen LogP contribution in [0.25, 0.3) is 0 Å². The molecule has 0 amide bonds. The fourth-order valence-corrected chi connectivity index (χ4v) is 1.03. The third-order valence-corrected chi connectivity index (χ3v) is 1.55. The Bertz CT molecular complexity index is 88.9. The minimum absolute atomic E-state index is 0.361. The lowest BCUT2D eigenvalue weighted by Crippen LogP contribution is -2.26. The summed E-state index contributed by atoms with van der Waals surface area (Å²) in [5.41, 5.74) is 0. The summed E-state index contributed by atoms with van der Waals surface area (Å²) in [6, 6.07) is 0. The van der Waals surface area contributed by atoms with E-state index in [1.807, 2.05) is 6.92 Å². The maximum absolute atomic E-state index is 9.30. The van der Waals surface area contributed by atoms with Crippen LogP contribution in [0.1, 0.15) is 19.8 Å². The molecule has 0 aromatic rings. The number of rotatable bonds is 3. The molecule has 1 saturated heterocycles. The molecule has 1 aliphatic heterocycles. The van der Waals surface area contributed by atoms with Crippen LogP contribution < -0.4 is 0 Å². The lowest BCUT2D eigenvalue weighted by Gasteiger charge is -2.14. The number of aliphatic hydroxyl groups excluding tert-OH is 1. The van der Waals surface area contributed by atoms with E-state index in [2.05, 4.69) is 0 Å². The van der Waals surface area contributed by atoms with Crippen molar-refractivity contribution in [2.75, 3.05) is 13.2 Å². The van der Waals surface area contributed by atoms with Crippen LogP contribution >= 0.6 is 0 Å². The van der Waals surface area contributed by atoms with E-state index in [1.54, 1.807) is 0 Å². The van der Waals surface area contributed by atoms with Crippen LogP contribution in [0, 0.1) is 0 Å². The van der Waals surface area contributed by atoms with Crippen LogP contribution in [0.3, 0.4) is 0 Å². The highest BCUT2D eigenvalue weighted by Gasteiger charge is 2.23. The van der Waals surface area contributed by atoms with Gasteiger partial charge in [-0.2, -0.15) is 0 Å². The molecule has 0 aliphatic carbocycles. The van der Waals surface area contributed by atoms with Gasteiger partial charge in [0.05, 0.1) is 13.2 Å². The summed E-state index contributed by atoms with van der Waals surface area (Å²) in [5.74, 6) is 0. The molecule has 0 aromatic heterocycles. The van der Waals surface area contributed by atoms with Crippen LogP contribution in [0.15, 0.2) is 0 Å². The van der Waals surface area contributed by atoms with Gasteiger partial charge in [0.2, 0.25) is 0 Å². The van der Waals surface area contributed by atoms with Gasteiger partial charge in [-0.25, -0.2) is 0 Å². The second-order valence-corrected chi connectivity index (χ2v) is 2.47. The Morgan fingerprint density at radius 3 is 2.60 bits per heavy atom. The third kappa shape index (κ3) is 1.94. The highest BCUT2D eigenvalue weighted by atomic mass is 16.7. The summed E-state index contributed by atoms with van der Waals surface area (Å²) in [5, 5.41) is 9.30. The van der Waals surface area contributed by atoms with Crippen molar-refractivity contribution in [3.63, 3.8) is 0 Å². The zero-order valence-electron chi connectivity index (χ0n) is 6.25. The molecule has 60 valence electrons. The second kappa shape index (κ2) is 3.91. The predicted molar refractivity (Wildman–Crippen MR) is 36.6 cm³/mol. The minimum Gasteiger partial charge on any atom is -0.388 e. The lowest BCUT2D eigenvalue weighted by molar-refractivity contribution is -0.122. The lowest BCUT2D eigenvalue weighted by atomic mass is 10.2. The van der Waals surface area contributed by atoms with E-state index >= 15 is 0 Å². The summed E-state index contributed by atoms with van der Waals surface area (Å²) in [4.78, 5) is 0. The molecule has 0 aromatic carbocycles. The van der Waals surface area contributed by atoms with Crippen LogP contribution in [-0.2, 0) is 9.47 Å². The molecule has 0 unspecified atom stereocenters. The smallest absolute Gasteiger partial charge is 0.183 e. The maximum Gasteiger partial charge on any atom is 0.183 e. The van der Waals surface area contributed by atoms with Gasteiger partial charge in [-0.1, -0.05) is 13.3 Å². The Hall–Kier alpha value is -0.120. The topological polar surface area (TPSA) is 38.7 Å². The summed E-state index contributed by atoms with van der Waals surface area (Å²) >= 11 is 0. The van der Waals surface area contributed by atoms with Gasteiger partial charge < -0.3 is 14.6 Å². The number of hydrogen-bond acceptors (Lipinski definition) is 3. The molecular weight excluding hydrogens is 132 g/mol. The van der Waals surface area contributed by atoms with Crippen LogP contribution in [0.5, 0.6) is 0 Å². The molecule has 3 nitrogen and oxygen atoms in total. The Kier molecular flexibility index (Phi) is 3.12. The Morgan fingerprint density at radius 1 is 1.50 bits per heavy atom. The van der Waals surface area contributed by atoms with E-state index in [9.17, 15) is 5.11 Å². The van der Waals surface area contributed by atoms with Crippen molar-refractivity contribution in [1.29, 1.82) is 0 Å². The zero-order chi connectivity index (χ0) is 7.40. The molecule has 1 heterocycles. The van der Waals surface area contributed by atoms with Crippen molar-refractivity contribution in [2.24, 2.45) is 0 Å². The molecule has 10 heavy (non-hydrogen) atoms. The van der Waals surface area contributed by atoms with Crippen molar-refractivity contribution in [2.45, 2.75) is 32.2 Å². The van der Waals surface area contributed by atoms with Gasteiger partial charge in [0.15, 0.2) is 6.29 Å². The first-order chi connectivity index (χ1) is 4.84. The van der Waals surface area contributed by atoms with E-state index in [1.165, 1.54) is 0 Å². The SMILES string of the molecule is CCC[C@@H](O)C1OCCO1. The predicted octanol–water partition coefficient (Wildman–Crippen LogP) is 0.520. The molecule has 0 spiro atoms. The number of aliphatic hydroxyl groups is 1. The molecule has 1 N–H and O–H groups in total. The van der Waals surface area contributed by atoms with E-state index < -0.39 is 6.10 Å². The van der Waals surface area contributed by atoms with E-state index in [-0.39, 0.29) is 6.29 Å². The average molecular weight is 146 g/mol. The van der Waals surface area contributed by atoms with Crippen molar-refractivity contribution >= 4 is 0 Å². The van der Waals surface area contributed by atoms with E-state index in [0.29, 0.717) is 13.2 Å². The molecule has 1 rings (SSSR count). The first-order valence-corrected chi connectivity index (χ1v) is 3.76. The quantitative estimate of drug-likeness (QED) is 0.631. The van der Waals surface area contributed by atoms with Gasteiger partial charge in [0.25, 0.3) is 0 Å². The highest BCUT2D eigenvalue weighted by molar-refractivity contribution is 4.62. The summed E-state index contributed by atoms with van der Waals surface area (Å²) in [6.07, 6.45) is 0.919. The van der Waals surface area contributed by atoms with Gasteiger partial charge in [-0.3, -0.25) is 0 Å². The molecule has 1 atom stereocenters. The largest absolute Gasteiger partial charge is 0.388 e. The molecular formula is C7H14O3. The van der Waals surface area contributed by atoms with Crippen molar-refractivity contribution in [3.05, 3.63) is 0 Å². The molecule has 3 heteroatoms. The van der Waals surface area contributed by atoms with Gasteiger partial charge in [0.1, 0.15) is 6.10 Å². The minimum atomic E-state index is -0.438. The van der Waals surface area contributed by atoms with E-state index in [0.717, 1.165) is 12.8 Å². The Morgan fingerprint density at radius 2 is 2.10 bits per heavy atom. The van der Waals surface area contributed by atoms with Crippen LogP contribution in [0.4, 0.5) is 0 Å². The third-order valence-electron chi connectivity index (χ3n) is 1.55. The average Bonchev–Trinajstić information content (AvgIpc) is 2.38. The Labute approximate surface area is 60.9 Å². The van der Waals surface area contributed by atoms with Gasteiger partial charge in [0, 0.05) is 0 Å². The summed E-state index contributed by atoms with van der Waals surface area (Å²) < 4.78 is 10.2. The van der Waals surface area contributed by atoms with E-state index in [4.69, 9.17) is 9.47 Å². The summed E-state index contributed by atoms with van der Waals surface area (Å²) in [6.45, 7) is 3.26. The molecule has 1 aliphatic rings.